The van der Waals surface area contributed by atoms with E-state index in [1.165, 1.54) is 4.90 Å². The summed E-state index contributed by atoms with van der Waals surface area (Å²) >= 11 is 3.45. The molecule has 1 aliphatic heterocycles. The van der Waals surface area contributed by atoms with E-state index in [0.29, 0.717) is 5.69 Å². The van der Waals surface area contributed by atoms with Gasteiger partial charge in [-0.05, 0) is 37.1 Å². The fourth-order valence-corrected chi connectivity index (χ4v) is 1.96. The van der Waals surface area contributed by atoms with Crippen LogP contribution in [0.15, 0.2) is 16.6 Å². The molecule has 0 atom stereocenters. The standard InChI is InChI=1S/C11H11BrN2O2/c1-6-3-8(4-7(2)10(6)12)14-9(15)5-13-11(14)16/h3-4H,5H2,1-2H3,(H,13,16). The lowest BCUT2D eigenvalue weighted by atomic mass is 10.1. The molecule has 1 aromatic carbocycles. The second-order valence-corrected chi connectivity index (χ2v) is 4.57. The second-order valence-electron chi connectivity index (χ2n) is 3.78. The number of aryl methyl sites for hydroxylation is 2. The van der Waals surface area contributed by atoms with Crippen molar-refractivity contribution in [1.82, 2.24) is 5.32 Å². The molecule has 0 radical (unpaired) electrons. The Labute approximate surface area is 102 Å². The summed E-state index contributed by atoms with van der Waals surface area (Å²) in [6.45, 7) is 3.94. The first kappa shape index (κ1) is 11.1. The number of carbonyl (C=O) groups excluding carboxylic acids is 2. The first-order valence-corrected chi connectivity index (χ1v) is 5.67. The van der Waals surface area contributed by atoms with E-state index in [2.05, 4.69) is 21.2 Å². The van der Waals surface area contributed by atoms with Crippen molar-refractivity contribution in [3.8, 4) is 0 Å². The molecule has 0 unspecified atom stereocenters. The molecule has 84 valence electrons. The molecule has 0 aromatic heterocycles. The molecule has 0 saturated carbocycles. The number of halogens is 1. The predicted molar refractivity (Wildman–Crippen MR) is 64.5 cm³/mol. The maximum Gasteiger partial charge on any atom is 0.329 e. The molecule has 0 aliphatic carbocycles. The van der Waals surface area contributed by atoms with Crippen molar-refractivity contribution in [1.29, 1.82) is 0 Å². The number of carbonyl (C=O) groups is 2. The van der Waals surface area contributed by atoms with Gasteiger partial charge in [-0.25, -0.2) is 9.69 Å². The van der Waals surface area contributed by atoms with Gasteiger partial charge in [0.1, 0.15) is 0 Å². The van der Waals surface area contributed by atoms with Crippen molar-refractivity contribution in [3.05, 3.63) is 27.7 Å². The van der Waals surface area contributed by atoms with E-state index >= 15 is 0 Å². The summed E-state index contributed by atoms with van der Waals surface area (Å²) in [7, 11) is 0. The van der Waals surface area contributed by atoms with Gasteiger partial charge in [0.05, 0.1) is 12.2 Å². The van der Waals surface area contributed by atoms with Crippen LogP contribution in [0.25, 0.3) is 0 Å². The highest BCUT2D eigenvalue weighted by Gasteiger charge is 2.30. The van der Waals surface area contributed by atoms with E-state index in [9.17, 15) is 9.59 Å². The number of urea groups is 1. The lowest BCUT2D eigenvalue weighted by Gasteiger charge is -2.15. The molecule has 1 aliphatic rings. The topological polar surface area (TPSA) is 49.4 Å². The summed E-state index contributed by atoms with van der Waals surface area (Å²) in [5.74, 6) is -0.217. The molecule has 1 N–H and O–H groups in total. The number of nitrogens with one attached hydrogen (secondary N) is 1. The van der Waals surface area contributed by atoms with Crippen molar-refractivity contribution < 1.29 is 9.59 Å². The SMILES string of the molecule is Cc1cc(N2C(=O)CNC2=O)cc(C)c1Br. The quantitative estimate of drug-likeness (QED) is 0.803. The molecule has 4 nitrogen and oxygen atoms in total. The van der Waals surface area contributed by atoms with Crippen LogP contribution >= 0.6 is 15.9 Å². The molecule has 1 saturated heterocycles. The number of benzene rings is 1. The summed E-state index contributed by atoms with van der Waals surface area (Å²) in [6.07, 6.45) is 0. The van der Waals surface area contributed by atoms with Crippen molar-refractivity contribution in [2.75, 3.05) is 11.4 Å². The first-order valence-electron chi connectivity index (χ1n) is 4.88. The average Bonchev–Trinajstić information content (AvgIpc) is 2.54. The van der Waals surface area contributed by atoms with Crippen molar-refractivity contribution >= 4 is 33.6 Å². The lowest BCUT2D eigenvalue weighted by Crippen LogP contribution is -2.30. The Kier molecular flexibility index (Phi) is 2.71. The maximum atomic E-state index is 11.5. The molecule has 5 heteroatoms. The third-order valence-electron chi connectivity index (χ3n) is 2.52. The number of imide groups is 1. The van der Waals surface area contributed by atoms with Gasteiger partial charge in [-0.3, -0.25) is 4.79 Å². The Hall–Kier alpha value is -1.36. The van der Waals surface area contributed by atoms with Crippen LogP contribution < -0.4 is 10.2 Å². The van der Waals surface area contributed by atoms with E-state index in [1.807, 2.05) is 26.0 Å². The molecular formula is C11H11BrN2O2. The van der Waals surface area contributed by atoms with Gasteiger partial charge in [-0.1, -0.05) is 15.9 Å². The van der Waals surface area contributed by atoms with Crippen LogP contribution in [0.3, 0.4) is 0 Å². The average molecular weight is 283 g/mol. The minimum Gasteiger partial charge on any atom is -0.328 e. The second kappa shape index (κ2) is 3.90. The molecule has 0 bridgehead atoms. The summed E-state index contributed by atoms with van der Waals surface area (Å²) in [5, 5.41) is 2.50. The van der Waals surface area contributed by atoms with E-state index in [4.69, 9.17) is 0 Å². The summed E-state index contributed by atoms with van der Waals surface area (Å²) in [6, 6.07) is 3.28. The zero-order chi connectivity index (χ0) is 11.9. The van der Waals surface area contributed by atoms with Crippen molar-refractivity contribution in [2.24, 2.45) is 0 Å². The zero-order valence-corrected chi connectivity index (χ0v) is 10.6. The summed E-state index contributed by atoms with van der Waals surface area (Å²) in [5.41, 5.74) is 2.63. The third kappa shape index (κ3) is 1.71. The zero-order valence-electron chi connectivity index (χ0n) is 9.00. The summed E-state index contributed by atoms with van der Waals surface area (Å²) in [4.78, 5) is 24.2. The Balaban J connectivity index is 2.48. The van der Waals surface area contributed by atoms with Crippen LogP contribution in [0.2, 0.25) is 0 Å². The number of anilines is 1. The fourth-order valence-electron chi connectivity index (χ4n) is 1.74. The van der Waals surface area contributed by atoms with Crippen LogP contribution in [-0.2, 0) is 4.79 Å². The van der Waals surface area contributed by atoms with E-state index in [1.54, 1.807) is 0 Å². The van der Waals surface area contributed by atoms with Crippen molar-refractivity contribution in [3.63, 3.8) is 0 Å². The number of amides is 3. The van der Waals surface area contributed by atoms with Gasteiger partial charge in [0.2, 0.25) is 0 Å². The molecule has 1 aromatic rings. The first-order chi connectivity index (χ1) is 7.50. The highest BCUT2D eigenvalue weighted by Crippen LogP contribution is 2.28. The summed E-state index contributed by atoms with van der Waals surface area (Å²) < 4.78 is 1.00. The molecule has 16 heavy (non-hydrogen) atoms. The number of hydrogen-bond acceptors (Lipinski definition) is 2. The highest BCUT2D eigenvalue weighted by molar-refractivity contribution is 9.10. The molecule has 0 spiro atoms. The normalized spacial score (nSPS) is 15.6. The van der Waals surface area contributed by atoms with Gasteiger partial charge in [-0.15, -0.1) is 0 Å². The highest BCUT2D eigenvalue weighted by atomic mass is 79.9. The Morgan fingerprint density at radius 3 is 2.25 bits per heavy atom. The van der Waals surface area contributed by atoms with Gasteiger partial charge < -0.3 is 5.32 Å². The van der Waals surface area contributed by atoms with Gasteiger partial charge in [-0.2, -0.15) is 0 Å². The largest absolute Gasteiger partial charge is 0.329 e. The Bertz CT molecular complexity index is 446. The van der Waals surface area contributed by atoms with Gasteiger partial charge >= 0.3 is 6.03 Å². The molecule has 1 heterocycles. The third-order valence-corrected chi connectivity index (χ3v) is 3.77. The van der Waals surface area contributed by atoms with E-state index in [0.717, 1.165) is 15.6 Å². The number of rotatable bonds is 1. The predicted octanol–water partition coefficient (Wildman–Crippen LogP) is 2.12. The molecule has 3 amide bonds. The van der Waals surface area contributed by atoms with Gasteiger partial charge in [0, 0.05) is 4.47 Å². The Morgan fingerprint density at radius 1 is 1.25 bits per heavy atom. The lowest BCUT2D eigenvalue weighted by molar-refractivity contribution is -0.115. The minimum atomic E-state index is -0.355. The van der Waals surface area contributed by atoms with Crippen LogP contribution in [0.1, 0.15) is 11.1 Å². The van der Waals surface area contributed by atoms with Gasteiger partial charge in [0.15, 0.2) is 0 Å². The smallest absolute Gasteiger partial charge is 0.328 e. The molecule has 2 rings (SSSR count). The monoisotopic (exact) mass is 282 g/mol. The maximum absolute atomic E-state index is 11.5. The van der Waals surface area contributed by atoms with E-state index in [-0.39, 0.29) is 18.5 Å². The van der Waals surface area contributed by atoms with Crippen LogP contribution in [0.4, 0.5) is 10.5 Å². The van der Waals surface area contributed by atoms with Crippen LogP contribution in [0, 0.1) is 13.8 Å². The van der Waals surface area contributed by atoms with Crippen molar-refractivity contribution in [2.45, 2.75) is 13.8 Å². The minimum absolute atomic E-state index is 0.0764. The fraction of sp³-hybridized carbons (Fsp3) is 0.273. The van der Waals surface area contributed by atoms with Gasteiger partial charge in [0.25, 0.3) is 5.91 Å². The number of nitrogens with zero attached hydrogens (tertiary/aromatic N) is 1. The number of hydrogen-bond donors (Lipinski definition) is 1. The molecule has 1 fully saturated rings. The van der Waals surface area contributed by atoms with E-state index < -0.39 is 0 Å². The Morgan fingerprint density at radius 2 is 1.81 bits per heavy atom. The molecular weight excluding hydrogens is 272 g/mol. The van der Waals surface area contributed by atoms with Crippen LogP contribution in [-0.4, -0.2) is 18.5 Å². The van der Waals surface area contributed by atoms with Crippen LogP contribution in [0.5, 0.6) is 0 Å².